The third-order valence-corrected chi connectivity index (χ3v) is 6.14. The second-order valence-electron chi connectivity index (χ2n) is 7.58. The van der Waals surface area contributed by atoms with Crippen molar-refractivity contribution in [3.05, 3.63) is 59.4 Å². The molecule has 29 heavy (non-hydrogen) atoms. The van der Waals surface area contributed by atoms with E-state index in [4.69, 9.17) is 10.8 Å². The van der Waals surface area contributed by atoms with Gasteiger partial charge in [0.25, 0.3) is 0 Å². The van der Waals surface area contributed by atoms with E-state index < -0.39 is 0 Å². The van der Waals surface area contributed by atoms with Crippen LogP contribution in [0.3, 0.4) is 0 Å². The highest BCUT2D eigenvalue weighted by Crippen LogP contribution is 2.30. The van der Waals surface area contributed by atoms with E-state index in [0.29, 0.717) is 12.1 Å². The summed E-state index contributed by atoms with van der Waals surface area (Å²) in [5.41, 5.74) is 11.0. The monoisotopic (exact) mass is 404 g/mol. The molecule has 4 aromatic rings. The molecule has 0 bridgehead atoms. The summed E-state index contributed by atoms with van der Waals surface area (Å²) in [7, 11) is 0. The van der Waals surface area contributed by atoms with Crippen LogP contribution in [0.1, 0.15) is 25.7 Å². The lowest BCUT2D eigenvalue weighted by atomic mass is 9.92. The molecule has 0 atom stereocenters. The molecule has 0 radical (unpaired) electrons. The second-order valence-corrected chi connectivity index (χ2v) is 8.36. The van der Waals surface area contributed by atoms with Gasteiger partial charge in [-0.3, -0.25) is 0 Å². The van der Waals surface area contributed by atoms with Crippen molar-refractivity contribution in [1.29, 1.82) is 0 Å². The van der Waals surface area contributed by atoms with Gasteiger partial charge in [-0.2, -0.15) is 11.3 Å². The van der Waals surface area contributed by atoms with Gasteiger partial charge in [0.05, 0.1) is 17.6 Å². The lowest BCUT2D eigenvalue weighted by Crippen LogP contribution is -2.33. The highest BCUT2D eigenvalue weighted by atomic mass is 32.1. The number of benzene rings is 1. The van der Waals surface area contributed by atoms with Gasteiger partial charge in [0.15, 0.2) is 5.65 Å². The summed E-state index contributed by atoms with van der Waals surface area (Å²) in [6, 6.07) is 15.0. The van der Waals surface area contributed by atoms with Crippen molar-refractivity contribution in [2.45, 2.75) is 37.8 Å². The van der Waals surface area contributed by atoms with Gasteiger partial charge in [0.1, 0.15) is 5.82 Å². The Hall–Kier alpha value is -2.90. The number of fused-ring (bicyclic) bond motifs is 1. The molecule has 7 heteroatoms. The Bertz CT molecular complexity index is 1080. The fraction of sp³-hybridized carbons (Fsp3) is 0.273. The van der Waals surface area contributed by atoms with E-state index in [0.717, 1.165) is 59.8 Å². The highest BCUT2D eigenvalue weighted by molar-refractivity contribution is 7.08. The van der Waals surface area contributed by atoms with Gasteiger partial charge in [-0.05, 0) is 49.3 Å². The van der Waals surface area contributed by atoms with E-state index in [9.17, 15) is 0 Å². The van der Waals surface area contributed by atoms with Crippen LogP contribution in [-0.2, 0) is 0 Å². The molecule has 1 aromatic carbocycles. The normalized spacial score (nSPS) is 19.3. The largest absolute Gasteiger partial charge is 0.366 e. The van der Waals surface area contributed by atoms with Gasteiger partial charge < -0.3 is 16.4 Å². The summed E-state index contributed by atoms with van der Waals surface area (Å²) in [6.45, 7) is 0. The molecule has 4 N–H and O–H groups in total. The van der Waals surface area contributed by atoms with Crippen LogP contribution in [0, 0.1) is 0 Å². The lowest BCUT2D eigenvalue weighted by molar-refractivity contribution is 0.410. The predicted octanol–water partition coefficient (Wildman–Crippen LogP) is 4.88. The Labute approximate surface area is 173 Å². The summed E-state index contributed by atoms with van der Waals surface area (Å²) < 4.78 is 1.93. The molecule has 0 aliphatic heterocycles. The number of hydrogen-bond acceptors (Lipinski definition) is 6. The predicted molar refractivity (Wildman–Crippen MR) is 120 cm³/mol. The summed E-state index contributed by atoms with van der Waals surface area (Å²) in [5.74, 6) is 0.853. The first-order valence-electron chi connectivity index (χ1n) is 10.0. The quantitative estimate of drug-likeness (QED) is 0.442. The molecule has 3 aromatic heterocycles. The van der Waals surface area contributed by atoms with Crippen LogP contribution < -0.4 is 16.4 Å². The van der Waals surface area contributed by atoms with Crippen molar-refractivity contribution in [2.24, 2.45) is 5.73 Å². The molecule has 0 unspecified atom stereocenters. The number of imidazole rings is 1. The van der Waals surface area contributed by atoms with Gasteiger partial charge in [0.2, 0.25) is 0 Å². The number of thiophene rings is 1. The van der Waals surface area contributed by atoms with Gasteiger partial charge in [-0.25, -0.2) is 9.50 Å². The third kappa shape index (κ3) is 3.83. The number of aromatic nitrogens is 3. The van der Waals surface area contributed by atoms with Gasteiger partial charge in [-0.15, -0.1) is 5.10 Å². The summed E-state index contributed by atoms with van der Waals surface area (Å²) in [5, 5.41) is 16.2. The van der Waals surface area contributed by atoms with E-state index in [2.05, 4.69) is 50.6 Å². The van der Waals surface area contributed by atoms with E-state index in [1.165, 1.54) is 0 Å². The molecule has 0 amide bonds. The molecule has 5 rings (SSSR count). The SMILES string of the molecule is NC1CCC(Nc2cc(Nc3ccccc3)c3ncc(-c4ccsc4)n3n2)CC1. The van der Waals surface area contributed by atoms with Crippen molar-refractivity contribution in [2.75, 3.05) is 10.6 Å². The van der Waals surface area contributed by atoms with Gasteiger partial charge >= 0.3 is 0 Å². The summed E-state index contributed by atoms with van der Waals surface area (Å²) in [6.07, 6.45) is 6.15. The molecular formula is C22H24N6S. The van der Waals surface area contributed by atoms with E-state index in [1.54, 1.807) is 11.3 Å². The maximum atomic E-state index is 6.07. The number of para-hydroxylation sites is 1. The zero-order valence-corrected chi connectivity index (χ0v) is 16.9. The Morgan fingerprint density at radius 1 is 1.07 bits per heavy atom. The number of nitrogens with two attached hydrogens (primary N) is 1. The van der Waals surface area contributed by atoms with Crippen molar-refractivity contribution >= 4 is 34.2 Å². The minimum Gasteiger partial charge on any atom is -0.366 e. The Morgan fingerprint density at radius 3 is 2.66 bits per heavy atom. The standard InChI is InChI=1S/C22H24N6S/c23-16-6-8-18(9-7-16)26-21-12-19(25-17-4-2-1-3-5-17)22-24-13-20(28(22)27-21)15-10-11-29-14-15/h1-5,10-14,16,18,25H,6-9,23H2,(H,26,27). The van der Waals surface area contributed by atoms with Crippen molar-refractivity contribution in [3.63, 3.8) is 0 Å². The minimum absolute atomic E-state index is 0.331. The minimum atomic E-state index is 0.331. The lowest BCUT2D eigenvalue weighted by Gasteiger charge is -2.27. The fourth-order valence-corrected chi connectivity index (χ4v) is 4.54. The Morgan fingerprint density at radius 2 is 1.90 bits per heavy atom. The van der Waals surface area contributed by atoms with Crippen LogP contribution in [0.2, 0.25) is 0 Å². The van der Waals surface area contributed by atoms with Crippen molar-refractivity contribution in [3.8, 4) is 11.3 Å². The zero-order chi connectivity index (χ0) is 19.6. The van der Waals surface area contributed by atoms with Crippen LogP contribution in [0.15, 0.2) is 59.4 Å². The van der Waals surface area contributed by atoms with Crippen LogP contribution in [0.5, 0.6) is 0 Å². The third-order valence-electron chi connectivity index (χ3n) is 5.46. The topological polar surface area (TPSA) is 80.3 Å². The van der Waals surface area contributed by atoms with Crippen LogP contribution in [0.25, 0.3) is 16.9 Å². The summed E-state index contributed by atoms with van der Waals surface area (Å²) >= 11 is 1.67. The molecule has 0 saturated heterocycles. The zero-order valence-electron chi connectivity index (χ0n) is 16.1. The van der Waals surface area contributed by atoms with Crippen LogP contribution >= 0.6 is 11.3 Å². The second kappa shape index (κ2) is 7.85. The maximum Gasteiger partial charge on any atom is 0.178 e. The first-order valence-corrected chi connectivity index (χ1v) is 11.0. The van der Waals surface area contributed by atoms with Crippen molar-refractivity contribution < 1.29 is 0 Å². The molecule has 1 fully saturated rings. The van der Waals surface area contributed by atoms with E-state index in [-0.39, 0.29) is 0 Å². The molecule has 1 aliphatic rings. The number of nitrogens with one attached hydrogen (secondary N) is 2. The molecule has 3 heterocycles. The van der Waals surface area contributed by atoms with Gasteiger partial charge in [0, 0.05) is 34.8 Å². The smallest absolute Gasteiger partial charge is 0.178 e. The molecule has 1 aliphatic carbocycles. The Balaban J connectivity index is 1.54. The number of rotatable bonds is 5. The molecule has 6 nitrogen and oxygen atoms in total. The molecule has 0 spiro atoms. The Kier molecular flexibility index (Phi) is 4.91. The average molecular weight is 405 g/mol. The van der Waals surface area contributed by atoms with Crippen LogP contribution in [-0.4, -0.2) is 26.7 Å². The molecule has 148 valence electrons. The molecular weight excluding hydrogens is 380 g/mol. The average Bonchev–Trinajstić information content (AvgIpc) is 3.40. The highest BCUT2D eigenvalue weighted by Gasteiger charge is 2.20. The number of hydrogen-bond donors (Lipinski definition) is 3. The number of anilines is 3. The molecule has 1 saturated carbocycles. The van der Waals surface area contributed by atoms with E-state index in [1.807, 2.05) is 28.9 Å². The van der Waals surface area contributed by atoms with Gasteiger partial charge in [-0.1, -0.05) is 18.2 Å². The summed E-state index contributed by atoms with van der Waals surface area (Å²) in [4.78, 5) is 4.67. The van der Waals surface area contributed by atoms with E-state index >= 15 is 0 Å². The maximum absolute atomic E-state index is 6.07. The first-order chi connectivity index (χ1) is 14.3. The van der Waals surface area contributed by atoms with Crippen LogP contribution in [0.4, 0.5) is 17.2 Å². The first kappa shape index (κ1) is 18.1. The number of nitrogens with zero attached hydrogens (tertiary/aromatic N) is 3. The fourth-order valence-electron chi connectivity index (χ4n) is 3.89. The van der Waals surface area contributed by atoms with Crippen molar-refractivity contribution in [1.82, 2.24) is 14.6 Å².